The number of rotatable bonds is 5. The van der Waals surface area contributed by atoms with Gasteiger partial charge in [-0.1, -0.05) is 0 Å². The highest BCUT2D eigenvalue weighted by Gasteiger charge is 2.53. The summed E-state index contributed by atoms with van der Waals surface area (Å²) in [6.07, 6.45) is -6.35. The smallest absolute Gasteiger partial charge is 0.366 e. The molecule has 0 saturated carbocycles. The molecular formula is C12H22O8. The maximum atomic E-state index is 11.8. The average Bonchev–Trinajstić information content (AvgIpc) is 2.42. The number of hydrogen-bond donors (Lipinski definition) is 4. The van der Waals surface area contributed by atoms with Gasteiger partial charge in [0.1, 0.15) is 6.10 Å². The molecule has 6 atom stereocenters. The van der Waals surface area contributed by atoms with Gasteiger partial charge in [-0.15, -0.1) is 0 Å². The predicted molar refractivity (Wildman–Crippen MR) is 65.6 cm³/mol. The summed E-state index contributed by atoms with van der Waals surface area (Å²) in [7, 11) is 2.35. The molecule has 0 amide bonds. The van der Waals surface area contributed by atoms with Crippen LogP contribution in [0.1, 0.15) is 19.8 Å². The van der Waals surface area contributed by atoms with Gasteiger partial charge in [-0.2, -0.15) is 0 Å². The topological polar surface area (TPSA) is 126 Å². The summed E-state index contributed by atoms with van der Waals surface area (Å²) >= 11 is 0. The number of esters is 1. The first-order chi connectivity index (χ1) is 9.27. The van der Waals surface area contributed by atoms with E-state index in [0.717, 1.165) is 7.11 Å². The largest absolute Gasteiger partial charge is 0.465 e. The third kappa shape index (κ3) is 3.46. The molecular weight excluding hydrogens is 272 g/mol. The zero-order valence-corrected chi connectivity index (χ0v) is 11.7. The van der Waals surface area contributed by atoms with E-state index in [2.05, 4.69) is 4.74 Å². The quantitative estimate of drug-likeness (QED) is 0.435. The van der Waals surface area contributed by atoms with Crippen molar-refractivity contribution in [1.82, 2.24) is 0 Å². The molecule has 0 radical (unpaired) electrons. The fourth-order valence-corrected chi connectivity index (χ4v) is 2.13. The van der Waals surface area contributed by atoms with Gasteiger partial charge >= 0.3 is 5.97 Å². The van der Waals surface area contributed by atoms with Crippen LogP contribution in [0, 0.1) is 0 Å². The zero-order chi connectivity index (χ0) is 15.5. The van der Waals surface area contributed by atoms with Gasteiger partial charge in [-0.25, -0.2) is 4.79 Å². The SMILES string of the molecule is COC(=O)[C@@]1(OC)C[C@H](O)[C@@H](O)[C@H](CC(O)C(C)O)O1. The van der Waals surface area contributed by atoms with Gasteiger partial charge in [0, 0.05) is 20.0 Å². The van der Waals surface area contributed by atoms with Crippen molar-refractivity contribution in [2.24, 2.45) is 0 Å². The van der Waals surface area contributed by atoms with Gasteiger partial charge in [0.2, 0.25) is 0 Å². The molecule has 1 aliphatic rings. The molecule has 2 unspecified atom stereocenters. The normalized spacial score (nSPS) is 37.2. The minimum atomic E-state index is -1.84. The van der Waals surface area contributed by atoms with E-state index in [4.69, 9.17) is 9.47 Å². The minimum absolute atomic E-state index is 0.169. The van der Waals surface area contributed by atoms with Crippen molar-refractivity contribution in [3.8, 4) is 0 Å². The molecule has 1 saturated heterocycles. The summed E-state index contributed by atoms with van der Waals surface area (Å²) in [4.78, 5) is 11.8. The maximum Gasteiger partial charge on any atom is 0.366 e. The van der Waals surface area contributed by atoms with Crippen LogP contribution in [0.15, 0.2) is 0 Å². The number of carbonyl (C=O) groups is 1. The Morgan fingerprint density at radius 2 is 2.00 bits per heavy atom. The molecule has 1 rings (SSSR count). The predicted octanol–water partition coefficient (Wildman–Crippen LogP) is -1.86. The van der Waals surface area contributed by atoms with Crippen molar-refractivity contribution < 1.29 is 39.4 Å². The number of ether oxygens (including phenoxy) is 3. The number of aliphatic hydroxyl groups excluding tert-OH is 4. The van der Waals surface area contributed by atoms with E-state index in [0.29, 0.717) is 0 Å². The highest BCUT2D eigenvalue weighted by Crippen LogP contribution is 2.33. The Balaban J connectivity index is 2.91. The zero-order valence-electron chi connectivity index (χ0n) is 11.7. The van der Waals surface area contributed by atoms with Gasteiger partial charge in [-0.3, -0.25) is 0 Å². The minimum Gasteiger partial charge on any atom is -0.465 e. The monoisotopic (exact) mass is 294 g/mol. The molecule has 0 aromatic rings. The van der Waals surface area contributed by atoms with Gasteiger partial charge in [0.05, 0.1) is 31.5 Å². The van der Waals surface area contributed by atoms with E-state index in [-0.39, 0.29) is 12.8 Å². The second-order valence-electron chi connectivity index (χ2n) is 4.91. The van der Waals surface area contributed by atoms with Gasteiger partial charge in [0.25, 0.3) is 5.79 Å². The van der Waals surface area contributed by atoms with Crippen molar-refractivity contribution in [3.05, 3.63) is 0 Å². The molecule has 20 heavy (non-hydrogen) atoms. The van der Waals surface area contributed by atoms with Crippen LogP contribution in [0.3, 0.4) is 0 Å². The second kappa shape index (κ2) is 6.79. The van der Waals surface area contributed by atoms with Crippen LogP contribution in [0.25, 0.3) is 0 Å². The van der Waals surface area contributed by atoms with Gasteiger partial charge in [-0.05, 0) is 6.92 Å². The van der Waals surface area contributed by atoms with Crippen LogP contribution in [0.2, 0.25) is 0 Å². The van der Waals surface area contributed by atoms with Crippen LogP contribution in [-0.2, 0) is 19.0 Å². The first kappa shape index (κ1) is 17.3. The molecule has 8 nitrogen and oxygen atoms in total. The van der Waals surface area contributed by atoms with Crippen molar-refractivity contribution in [2.75, 3.05) is 14.2 Å². The molecule has 4 N–H and O–H groups in total. The third-order valence-electron chi connectivity index (χ3n) is 3.45. The lowest BCUT2D eigenvalue weighted by atomic mass is 9.91. The van der Waals surface area contributed by atoms with Crippen molar-refractivity contribution in [2.45, 2.75) is 56.1 Å². The number of aliphatic hydroxyl groups is 4. The van der Waals surface area contributed by atoms with E-state index in [1.807, 2.05) is 0 Å². The molecule has 8 heteroatoms. The number of carbonyl (C=O) groups excluding carboxylic acids is 1. The van der Waals surface area contributed by atoms with Crippen LogP contribution >= 0.6 is 0 Å². The summed E-state index contributed by atoms with van der Waals surface area (Å²) in [5, 5.41) is 38.6. The molecule has 0 spiro atoms. The fraction of sp³-hybridized carbons (Fsp3) is 0.917. The third-order valence-corrected chi connectivity index (χ3v) is 3.45. The fourth-order valence-electron chi connectivity index (χ4n) is 2.13. The molecule has 0 bridgehead atoms. The Kier molecular flexibility index (Phi) is 5.87. The van der Waals surface area contributed by atoms with E-state index < -0.39 is 42.3 Å². The number of hydrogen-bond acceptors (Lipinski definition) is 8. The standard InChI is InChI=1S/C12H22O8/c1-6(13)7(14)4-9-10(16)8(15)5-12(19-3,20-9)11(17)18-2/h6-10,13-16H,4-5H2,1-3H3/t6?,7?,8-,9-,10+,12+/m0/s1. The van der Waals surface area contributed by atoms with Crippen LogP contribution in [0.5, 0.6) is 0 Å². The summed E-state index contributed by atoms with van der Waals surface area (Å²) in [5.41, 5.74) is 0. The first-order valence-corrected chi connectivity index (χ1v) is 6.31. The second-order valence-corrected chi connectivity index (χ2v) is 4.91. The molecule has 1 heterocycles. The summed E-state index contributed by atoms with van der Waals surface area (Å²) in [5.74, 6) is -2.68. The van der Waals surface area contributed by atoms with Crippen LogP contribution < -0.4 is 0 Å². The van der Waals surface area contributed by atoms with E-state index >= 15 is 0 Å². The summed E-state index contributed by atoms with van der Waals surface area (Å²) < 4.78 is 15.0. The lowest BCUT2D eigenvalue weighted by molar-refractivity contribution is -0.307. The maximum absolute atomic E-state index is 11.8. The lowest BCUT2D eigenvalue weighted by Gasteiger charge is -2.43. The molecule has 1 fully saturated rings. The van der Waals surface area contributed by atoms with E-state index in [9.17, 15) is 25.2 Å². The Hall–Kier alpha value is -0.770. The Morgan fingerprint density at radius 3 is 2.45 bits per heavy atom. The van der Waals surface area contributed by atoms with Crippen molar-refractivity contribution in [3.63, 3.8) is 0 Å². The Labute approximate surface area is 116 Å². The average molecular weight is 294 g/mol. The molecule has 0 aromatic carbocycles. The highest BCUT2D eigenvalue weighted by atomic mass is 16.7. The molecule has 0 aliphatic carbocycles. The number of methoxy groups -OCH3 is 2. The molecule has 0 aromatic heterocycles. The van der Waals surface area contributed by atoms with Crippen molar-refractivity contribution >= 4 is 5.97 Å². The van der Waals surface area contributed by atoms with Gasteiger partial charge in [0.15, 0.2) is 0 Å². The Morgan fingerprint density at radius 1 is 1.40 bits per heavy atom. The van der Waals surface area contributed by atoms with E-state index in [1.54, 1.807) is 0 Å². The molecule has 118 valence electrons. The van der Waals surface area contributed by atoms with Gasteiger partial charge < -0.3 is 34.6 Å². The van der Waals surface area contributed by atoms with E-state index in [1.165, 1.54) is 14.0 Å². The summed E-state index contributed by atoms with van der Waals surface area (Å²) in [6, 6.07) is 0. The van der Waals surface area contributed by atoms with Crippen LogP contribution in [0.4, 0.5) is 0 Å². The summed E-state index contributed by atoms with van der Waals surface area (Å²) in [6.45, 7) is 1.38. The highest BCUT2D eigenvalue weighted by molar-refractivity contribution is 5.78. The Bertz CT molecular complexity index is 333. The first-order valence-electron chi connectivity index (χ1n) is 6.31. The van der Waals surface area contributed by atoms with Crippen LogP contribution in [-0.4, -0.2) is 76.9 Å². The lowest BCUT2D eigenvalue weighted by Crippen LogP contribution is -2.60. The van der Waals surface area contributed by atoms with Crippen molar-refractivity contribution in [1.29, 1.82) is 0 Å². The molecule has 1 aliphatic heterocycles.